The van der Waals surface area contributed by atoms with Gasteiger partial charge in [-0.1, -0.05) is 27.7 Å². The molecule has 0 fully saturated rings. The molecule has 44 heavy (non-hydrogen) atoms. The van der Waals surface area contributed by atoms with E-state index in [1.165, 1.54) is 34.6 Å². The number of likely N-dealkylation sites (N-methyl/N-ethyl adjacent to an activating group) is 2. The van der Waals surface area contributed by atoms with Crippen LogP contribution in [0.25, 0.3) is 21.6 Å². The maximum absolute atomic E-state index is 13.1. The Hall–Kier alpha value is -4.64. The molecule has 2 aromatic heterocycles. The summed E-state index contributed by atoms with van der Waals surface area (Å²) in [6, 6.07) is 3.91. The lowest BCUT2D eigenvalue weighted by molar-refractivity contribution is -0.140. The van der Waals surface area contributed by atoms with E-state index in [1.807, 2.05) is 24.3 Å². The lowest BCUT2D eigenvalue weighted by atomic mass is 9.79. The first-order valence-electron chi connectivity index (χ1n) is 13.9. The van der Waals surface area contributed by atoms with Crippen molar-refractivity contribution >= 4 is 67.9 Å². The predicted octanol–water partition coefficient (Wildman–Crippen LogP) is 5.84. The molecule has 8 nitrogen and oxygen atoms in total. The lowest BCUT2D eigenvalue weighted by Crippen LogP contribution is -2.39. The van der Waals surface area contributed by atoms with Gasteiger partial charge in [0.05, 0.1) is 9.40 Å². The molecule has 2 aliphatic heterocycles. The van der Waals surface area contributed by atoms with Gasteiger partial charge in [0.15, 0.2) is 0 Å². The zero-order valence-corrected chi connectivity index (χ0v) is 27.2. The number of hydrogen-bond acceptors (Lipinski definition) is 8. The van der Waals surface area contributed by atoms with Gasteiger partial charge in [-0.3, -0.25) is 29.0 Å². The zero-order chi connectivity index (χ0) is 32.2. The molecule has 10 heteroatoms. The summed E-state index contributed by atoms with van der Waals surface area (Å²) in [4.78, 5) is 55.2. The highest BCUT2D eigenvalue weighted by Gasteiger charge is 2.43. The molecule has 0 saturated carbocycles. The second-order valence-electron chi connectivity index (χ2n) is 12.5. The minimum atomic E-state index is -0.587. The van der Waals surface area contributed by atoms with Gasteiger partial charge < -0.3 is 0 Å². The van der Waals surface area contributed by atoms with Crippen LogP contribution in [0.5, 0.6) is 0 Å². The Labute approximate surface area is 262 Å². The number of hydrogen-bond donors (Lipinski definition) is 0. The van der Waals surface area contributed by atoms with Crippen molar-refractivity contribution in [1.29, 1.82) is 10.5 Å². The third-order valence-electron chi connectivity index (χ3n) is 9.33. The van der Waals surface area contributed by atoms with Crippen LogP contribution in [0, 0.1) is 22.7 Å². The summed E-state index contributed by atoms with van der Waals surface area (Å²) in [5, 5.41) is 19.1. The minimum Gasteiger partial charge on any atom is -0.277 e. The van der Waals surface area contributed by atoms with Crippen LogP contribution in [-0.4, -0.2) is 47.5 Å². The van der Waals surface area contributed by atoms with Crippen molar-refractivity contribution in [3.63, 3.8) is 0 Å². The van der Waals surface area contributed by atoms with Crippen molar-refractivity contribution in [3.8, 4) is 12.1 Å². The molecule has 2 aliphatic carbocycles. The quantitative estimate of drug-likeness (QED) is 0.307. The van der Waals surface area contributed by atoms with E-state index < -0.39 is 34.5 Å². The van der Waals surface area contributed by atoms with Gasteiger partial charge in [0.1, 0.15) is 23.3 Å². The molecule has 0 saturated heterocycles. The molecule has 0 aromatic carbocycles. The van der Waals surface area contributed by atoms with Crippen molar-refractivity contribution in [2.75, 3.05) is 14.1 Å². The monoisotopic (exact) mass is 620 g/mol. The van der Waals surface area contributed by atoms with Crippen LogP contribution >= 0.6 is 22.7 Å². The van der Waals surface area contributed by atoms with Crippen LogP contribution in [0.3, 0.4) is 0 Å². The van der Waals surface area contributed by atoms with Gasteiger partial charge in [0, 0.05) is 45.8 Å². The van der Waals surface area contributed by atoms with Crippen molar-refractivity contribution in [1.82, 2.24) is 9.80 Å². The number of allylic oxidation sites excluding steroid dienone is 4. The summed E-state index contributed by atoms with van der Waals surface area (Å²) in [7, 11) is 2.79. The van der Waals surface area contributed by atoms with E-state index >= 15 is 0 Å². The van der Waals surface area contributed by atoms with E-state index in [0.717, 1.165) is 30.7 Å². The fourth-order valence-corrected chi connectivity index (χ4v) is 9.87. The number of nitriles is 2. The Balaban J connectivity index is 1.44. The first-order chi connectivity index (χ1) is 20.6. The maximum Gasteiger partial charge on any atom is 0.271 e. The molecule has 0 spiro atoms. The smallest absolute Gasteiger partial charge is 0.271 e. The van der Waals surface area contributed by atoms with Crippen molar-refractivity contribution < 1.29 is 19.2 Å². The van der Waals surface area contributed by atoms with Gasteiger partial charge in [-0.15, -0.1) is 22.7 Å². The van der Waals surface area contributed by atoms with Gasteiger partial charge >= 0.3 is 0 Å². The van der Waals surface area contributed by atoms with Crippen molar-refractivity contribution in [3.05, 3.63) is 77.6 Å². The summed E-state index contributed by atoms with van der Waals surface area (Å²) in [6.07, 6.45) is 7.83. The van der Waals surface area contributed by atoms with E-state index in [1.54, 1.807) is 36.5 Å². The molecule has 6 rings (SSSR count). The van der Waals surface area contributed by atoms with E-state index in [2.05, 4.69) is 39.8 Å². The van der Waals surface area contributed by atoms with Gasteiger partial charge in [0.2, 0.25) is 0 Å². The first-order valence-corrected chi connectivity index (χ1v) is 15.6. The summed E-state index contributed by atoms with van der Waals surface area (Å²) in [6.45, 7) is 11.8. The standard InChI is InChI=1S/C34H28N4O4S2/c1-15-19(29(39)37(7)31(41)21(15)13-35)9-17-11-23-25(33(17,3)4)27-28(43-23)26-24(44-27)12-18(34(26,5)6)10-20-16(2)22(14-36)32(42)38(8)30(20)40/h9-12H,1-8H3/b19-9+,20-10+. The van der Waals surface area contributed by atoms with Crippen LogP contribution in [0.2, 0.25) is 0 Å². The molecule has 0 atom stereocenters. The third kappa shape index (κ3) is 3.71. The highest BCUT2D eigenvalue weighted by Crippen LogP contribution is 2.58. The maximum atomic E-state index is 13.1. The summed E-state index contributed by atoms with van der Waals surface area (Å²) < 4.78 is 2.35. The molecule has 4 aliphatic rings. The predicted molar refractivity (Wildman–Crippen MR) is 170 cm³/mol. The van der Waals surface area contributed by atoms with Gasteiger partial charge in [-0.2, -0.15) is 10.5 Å². The van der Waals surface area contributed by atoms with E-state index in [4.69, 9.17) is 0 Å². The fraction of sp³-hybridized carbons (Fsp3) is 0.294. The topological polar surface area (TPSA) is 122 Å². The number of carbonyl (C=O) groups excluding carboxylic acids is 4. The number of nitrogens with zero attached hydrogens (tertiary/aromatic N) is 4. The highest BCUT2D eigenvalue weighted by molar-refractivity contribution is 7.29. The SMILES string of the molecule is CC1=C(C#N)C(=O)N(C)C(=O)/C1=C/C1=Cc2sc3c4c(sc3c2C1(C)C)C=C(/C=C1/C(=O)N(C)C(=O)C(C#N)=C1C)C4(C)C. The number of imide groups is 2. The highest BCUT2D eigenvalue weighted by atomic mass is 32.1. The van der Waals surface area contributed by atoms with Crippen molar-refractivity contribution in [2.24, 2.45) is 0 Å². The normalized spacial score (nSPS) is 22.7. The van der Waals surface area contributed by atoms with E-state index in [0.29, 0.717) is 22.3 Å². The Morgan fingerprint density at radius 2 is 1.00 bits per heavy atom. The summed E-state index contributed by atoms with van der Waals surface area (Å²) >= 11 is 3.39. The average Bonchev–Trinajstić information content (AvgIpc) is 3.62. The Morgan fingerprint density at radius 3 is 1.32 bits per heavy atom. The van der Waals surface area contributed by atoms with Crippen LogP contribution in [0.1, 0.15) is 62.4 Å². The van der Waals surface area contributed by atoms with Gasteiger partial charge in [-0.25, -0.2) is 0 Å². The lowest BCUT2D eigenvalue weighted by Gasteiger charge is -2.27. The third-order valence-corrected chi connectivity index (χ3v) is 11.8. The molecule has 4 heterocycles. The first kappa shape index (κ1) is 29.4. The van der Waals surface area contributed by atoms with Crippen LogP contribution in [-0.2, 0) is 30.0 Å². The van der Waals surface area contributed by atoms with E-state index in [9.17, 15) is 29.7 Å². The minimum absolute atomic E-state index is 0.0240. The average molecular weight is 621 g/mol. The number of carbonyl (C=O) groups is 4. The molecule has 0 radical (unpaired) electrons. The molecule has 4 amide bonds. The van der Waals surface area contributed by atoms with E-state index in [-0.39, 0.29) is 11.1 Å². The molecule has 2 aromatic rings. The Morgan fingerprint density at radius 1 is 0.659 bits per heavy atom. The molecule has 0 bridgehead atoms. The van der Waals surface area contributed by atoms with Gasteiger partial charge in [0.25, 0.3) is 23.6 Å². The molecule has 220 valence electrons. The molecule has 0 unspecified atom stereocenters. The van der Waals surface area contributed by atoms with Crippen LogP contribution in [0.15, 0.2) is 56.7 Å². The van der Waals surface area contributed by atoms with Gasteiger partial charge in [-0.05, 0) is 71.6 Å². The molecular weight excluding hydrogens is 593 g/mol. The molecular formula is C34H28N4O4S2. The Kier molecular flexibility index (Phi) is 6.31. The number of rotatable bonds is 2. The second-order valence-corrected chi connectivity index (χ2v) is 14.6. The zero-order valence-electron chi connectivity index (χ0n) is 25.5. The number of thiophene rings is 2. The van der Waals surface area contributed by atoms with Crippen LogP contribution in [0.4, 0.5) is 0 Å². The molecule has 0 N–H and O–H groups in total. The van der Waals surface area contributed by atoms with Crippen molar-refractivity contribution in [2.45, 2.75) is 52.4 Å². The summed E-state index contributed by atoms with van der Waals surface area (Å²) in [5.74, 6) is -2.02. The fourth-order valence-electron chi connectivity index (χ4n) is 6.44. The number of fused-ring (bicyclic) bond motifs is 5. The number of amides is 4. The summed E-state index contributed by atoms with van der Waals surface area (Å²) in [5.41, 5.74) is 4.78. The largest absolute Gasteiger partial charge is 0.277 e. The second kappa shape index (κ2) is 9.43. The Bertz CT molecular complexity index is 1960. The van der Waals surface area contributed by atoms with Crippen LogP contribution < -0.4 is 0 Å².